The topological polar surface area (TPSA) is 20.3 Å². The number of halogens is 1. The van der Waals surface area contributed by atoms with E-state index in [0.29, 0.717) is 17.7 Å². The second kappa shape index (κ2) is 3.65. The first kappa shape index (κ1) is 11.3. The van der Waals surface area contributed by atoms with Crippen LogP contribution in [0.3, 0.4) is 0 Å². The Morgan fingerprint density at radius 2 is 2.13 bits per heavy atom. The van der Waals surface area contributed by atoms with Crippen LogP contribution in [0.1, 0.15) is 33.6 Å². The molecule has 86 valence electrons. The summed E-state index contributed by atoms with van der Waals surface area (Å²) in [5.41, 5.74) is 0.236. The number of hydrogen-bond donors (Lipinski definition) is 0. The lowest BCUT2D eigenvalue weighted by atomic mass is 10.0. The van der Waals surface area contributed by atoms with Crippen LogP contribution in [0.4, 0.5) is 0 Å². The summed E-state index contributed by atoms with van der Waals surface area (Å²) in [6, 6.07) is 0.274. The normalized spacial score (nSPS) is 38.1. The Morgan fingerprint density at radius 1 is 1.53 bits per heavy atom. The van der Waals surface area contributed by atoms with Crippen LogP contribution in [0.5, 0.6) is 0 Å². The minimum Gasteiger partial charge on any atom is -0.338 e. The maximum Gasteiger partial charge on any atom is 0.226 e. The van der Waals surface area contributed by atoms with Crippen molar-refractivity contribution in [1.82, 2.24) is 4.90 Å². The predicted octanol–water partition coefficient (Wildman–Crippen LogP) is 2.51. The van der Waals surface area contributed by atoms with Crippen LogP contribution in [0, 0.1) is 17.3 Å². The monoisotopic (exact) mass is 229 g/mol. The van der Waals surface area contributed by atoms with E-state index in [1.54, 1.807) is 0 Å². The highest BCUT2D eigenvalue weighted by Gasteiger charge is 2.53. The average Bonchev–Trinajstić information content (AvgIpc) is 2.65. The average molecular weight is 230 g/mol. The second-order valence-corrected chi connectivity index (χ2v) is 6.07. The van der Waals surface area contributed by atoms with Gasteiger partial charge in [-0.1, -0.05) is 20.8 Å². The fourth-order valence-corrected chi connectivity index (χ4v) is 3.08. The van der Waals surface area contributed by atoms with Crippen LogP contribution >= 0.6 is 11.6 Å². The third-order valence-corrected chi connectivity index (χ3v) is 4.45. The van der Waals surface area contributed by atoms with Crippen molar-refractivity contribution in [3.63, 3.8) is 0 Å². The van der Waals surface area contributed by atoms with Gasteiger partial charge in [-0.15, -0.1) is 11.6 Å². The summed E-state index contributed by atoms with van der Waals surface area (Å²) >= 11 is 5.94. The summed E-state index contributed by atoms with van der Waals surface area (Å²) in [5.74, 6) is 1.75. The maximum absolute atomic E-state index is 12.2. The molecule has 0 radical (unpaired) electrons. The summed E-state index contributed by atoms with van der Waals surface area (Å²) in [6.45, 7) is 7.44. The fraction of sp³-hybridized carbons (Fsp3) is 0.917. The number of amides is 1. The molecule has 0 aromatic rings. The number of carbonyl (C=O) groups excluding carboxylic acids is 1. The molecule has 15 heavy (non-hydrogen) atoms. The molecule has 1 aliphatic carbocycles. The number of rotatable bonds is 2. The molecule has 2 rings (SSSR count). The molecule has 1 amide bonds. The van der Waals surface area contributed by atoms with E-state index < -0.39 is 0 Å². The summed E-state index contributed by atoms with van der Waals surface area (Å²) in [5, 5.41) is 0. The molecule has 0 bridgehead atoms. The molecule has 2 aliphatic rings. The lowest BCUT2D eigenvalue weighted by Crippen LogP contribution is -2.40. The van der Waals surface area contributed by atoms with Crippen molar-refractivity contribution in [1.29, 1.82) is 0 Å². The third-order valence-electron chi connectivity index (χ3n) is 4.14. The van der Waals surface area contributed by atoms with Gasteiger partial charge < -0.3 is 4.90 Å². The quantitative estimate of drug-likeness (QED) is 0.667. The Balaban J connectivity index is 2.02. The van der Waals surface area contributed by atoms with Gasteiger partial charge in [0, 0.05) is 24.4 Å². The molecule has 1 aliphatic heterocycles. The van der Waals surface area contributed by atoms with Gasteiger partial charge in [0.25, 0.3) is 0 Å². The Bertz CT molecular complexity index is 277. The molecule has 1 heterocycles. The summed E-state index contributed by atoms with van der Waals surface area (Å²) in [7, 11) is 0. The fourth-order valence-electron chi connectivity index (χ4n) is 2.61. The van der Waals surface area contributed by atoms with E-state index in [1.807, 2.05) is 4.90 Å². The second-order valence-electron chi connectivity index (χ2n) is 5.76. The first-order chi connectivity index (χ1) is 6.97. The summed E-state index contributed by atoms with van der Waals surface area (Å²) < 4.78 is 0. The lowest BCUT2D eigenvalue weighted by molar-refractivity contribution is -0.134. The van der Waals surface area contributed by atoms with E-state index in [4.69, 9.17) is 11.6 Å². The molecule has 1 saturated carbocycles. The Morgan fingerprint density at radius 3 is 2.60 bits per heavy atom. The van der Waals surface area contributed by atoms with E-state index in [2.05, 4.69) is 20.8 Å². The minimum absolute atomic E-state index is 0.236. The highest BCUT2D eigenvalue weighted by Crippen LogP contribution is 2.53. The van der Waals surface area contributed by atoms with Crippen molar-refractivity contribution in [2.75, 3.05) is 12.4 Å². The van der Waals surface area contributed by atoms with Crippen molar-refractivity contribution in [3.8, 4) is 0 Å². The molecule has 0 N–H and O–H groups in total. The van der Waals surface area contributed by atoms with Crippen molar-refractivity contribution >= 4 is 17.5 Å². The van der Waals surface area contributed by atoms with Crippen LogP contribution in [0.15, 0.2) is 0 Å². The van der Waals surface area contributed by atoms with Crippen LogP contribution in [0.2, 0.25) is 0 Å². The van der Waals surface area contributed by atoms with Crippen molar-refractivity contribution in [3.05, 3.63) is 0 Å². The summed E-state index contributed by atoms with van der Waals surface area (Å²) in [4.78, 5) is 14.2. The number of carbonyl (C=O) groups is 1. The molecule has 1 saturated heterocycles. The molecule has 0 aromatic carbocycles. The van der Waals surface area contributed by atoms with E-state index in [1.165, 1.54) is 0 Å². The Kier molecular flexibility index (Phi) is 2.74. The van der Waals surface area contributed by atoms with Gasteiger partial charge in [0.1, 0.15) is 0 Å². The minimum atomic E-state index is 0.236. The van der Waals surface area contributed by atoms with Crippen LogP contribution in [0.25, 0.3) is 0 Å². The van der Waals surface area contributed by atoms with E-state index >= 15 is 0 Å². The van der Waals surface area contributed by atoms with Gasteiger partial charge in [0.2, 0.25) is 5.91 Å². The van der Waals surface area contributed by atoms with Crippen molar-refractivity contribution < 1.29 is 4.79 Å². The zero-order valence-electron chi connectivity index (χ0n) is 9.79. The van der Waals surface area contributed by atoms with E-state index in [-0.39, 0.29) is 17.4 Å². The standard InChI is InChI=1S/C12H20ClNO/c1-8-4-5-14(10(8)7-13)11(15)9-6-12(9,2)3/h8-10H,4-7H2,1-3H3. The van der Waals surface area contributed by atoms with Gasteiger partial charge in [-0.3, -0.25) is 4.79 Å². The zero-order chi connectivity index (χ0) is 11.2. The zero-order valence-corrected chi connectivity index (χ0v) is 10.5. The molecule has 3 heteroatoms. The number of likely N-dealkylation sites (tertiary alicyclic amines) is 1. The molecular weight excluding hydrogens is 210 g/mol. The molecule has 3 unspecified atom stereocenters. The van der Waals surface area contributed by atoms with Crippen molar-refractivity contribution in [2.45, 2.75) is 39.7 Å². The molecule has 0 spiro atoms. The van der Waals surface area contributed by atoms with Gasteiger partial charge in [0.05, 0.1) is 0 Å². The smallest absolute Gasteiger partial charge is 0.226 e. The molecule has 0 aromatic heterocycles. The van der Waals surface area contributed by atoms with Gasteiger partial charge in [-0.25, -0.2) is 0 Å². The van der Waals surface area contributed by atoms with E-state index in [9.17, 15) is 4.79 Å². The summed E-state index contributed by atoms with van der Waals surface area (Å²) in [6.07, 6.45) is 2.15. The molecule has 3 atom stereocenters. The van der Waals surface area contributed by atoms with Crippen LogP contribution in [-0.2, 0) is 4.79 Å². The molecule has 2 nitrogen and oxygen atoms in total. The lowest BCUT2D eigenvalue weighted by Gasteiger charge is -2.25. The van der Waals surface area contributed by atoms with E-state index in [0.717, 1.165) is 19.4 Å². The highest BCUT2D eigenvalue weighted by atomic mass is 35.5. The van der Waals surface area contributed by atoms with Gasteiger partial charge in [0.15, 0.2) is 0 Å². The largest absolute Gasteiger partial charge is 0.338 e. The molecular formula is C12H20ClNO. The Labute approximate surface area is 97.0 Å². The van der Waals surface area contributed by atoms with Crippen LogP contribution in [-0.4, -0.2) is 29.3 Å². The predicted molar refractivity (Wildman–Crippen MR) is 61.9 cm³/mol. The van der Waals surface area contributed by atoms with Gasteiger partial charge in [-0.2, -0.15) is 0 Å². The first-order valence-corrected chi connectivity index (χ1v) is 6.37. The SMILES string of the molecule is CC1CCN(C(=O)C2CC2(C)C)C1CCl. The number of alkyl halides is 1. The number of nitrogens with zero attached hydrogens (tertiary/aromatic N) is 1. The van der Waals surface area contributed by atoms with Gasteiger partial charge in [-0.05, 0) is 24.2 Å². The third kappa shape index (κ3) is 1.89. The van der Waals surface area contributed by atoms with Gasteiger partial charge >= 0.3 is 0 Å². The maximum atomic E-state index is 12.2. The number of hydrogen-bond acceptors (Lipinski definition) is 1. The first-order valence-electron chi connectivity index (χ1n) is 5.84. The molecule has 2 fully saturated rings. The highest BCUT2D eigenvalue weighted by molar-refractivity contribution is 6.18. The Hall–Kier alpha value is -0.240. The van der Waals surface area contributed by atoms with Crippen molar-refractivity contribution in [2.24, 2.45) is 17.3 Å². The van der Waals surface area contributed by atoms with Crippen LogP contribution < -0.4 is 0 Å².